The van der Waals surface area contributed by atoms with Gasteiger partial charge in [-0.25, -0.2) is 0 Å². The van der Waals surface area contributed by atoms with E-state index in [2.05, 4.69) is 22.9 Å². The molecule has 1 aliphatic rings. The molecule has 1 aliphatic heterocycles. The zero-order chi connectivity index (χ0) is 10.9. The number of rotatable bonds is 7. The van der Waals surface area contributed by atoms with Crippen molar-refractivity contribution in [2.45, 2.75) is 69.6 Å². The van der Waals surface area contributed by atoms with Gasteiger partial charge in [-0.2, -0.15) is 0 Å². The van der Waals surface area contributed by atoms with E-state index in [1.165, 1.54) is 38.5 Å². The summed E-state index contributed by atoms with van der Waals surface area (Å²) in [5.74, 6) is 0. The van der Waals surface area contributed by atoms with Gasteiger partial charge in [0.05, 0.1) is 0 Å². The Morgan fingerprint density at radius 3 is 2.87 bits per heavy atom. The Morgan fingerprint density at radius 2 is 2.20 bits per heavy atom. The number of hydrogen-bond donors (Lipinski definition) is 0. The number of ether oxygens (including phenoxy) is 2. The molecule has 0 aromatic carbocycles. The monoisotopic (exact) mass is 278 g/mol. The largest absolute Gasteiger partial charge is 0.353 e. The van der Waals surface area contributed by atoms with Crippen LogP contribution in [0.5, 0.6) is 0 Å². The summed E-state index contributed by atoms with van der Waals surface area (Å²) in [6.45, 7) is 3.10. The Kier molecular flexibility index (Phi) is 7.67. The highest BCUT2D eigenvalue weighted by molar-refractivity contribution is 9.09. The second-order valence-electron chi connectivity index (χ2n) is 4.19. The van der Waals surface area contributed by atoms with Crippen LogP contribution in [-0.2, 0) is 9.47 Å². The molecule has 0 saturated carbocycles. The third-order valence-electron chi connectivity index (χ3n) is 2.72. The highest BCUT2D eigenvalue weighted by Crippen LogP contribution is 2.20. The maximum absolute atomic E-state index is 5.77. The van der Waals surface area contributed by atoms with Crippen LogP contribution in [0.25, 0.3) is 0 Å². The molecule has 0 bridgehead atoms. The summed E-state index contributed by atoms with van der Waals surface area (Å²) in [6, 6.07) is 0. The summed E-state index contributed by atoms with van der Waals surface area (Å²) in [7, 11) is 0. The molecule has 0 aromatic rings. The first-order valence-corrected chi connectivity index (χ1v) is 7.15. The molecule has 3 heteroatoms. The second-order valence-corrected chi connectivity index (χ2v) is 5.21. The molecular weight excluding hydrogens is 256 g/mol. The summed E-state index contributed by atoms with van der Waals surface area (Å²) < 4.78 is 11.3. The highest BCUT2D eigenvalue weighted by Gasteiger charge is 2.17. The first kappa shape index (κ1) is 13.5. The zero-order valence-corrected chi connectivity index (χ0v) is 11.3. The normalized spacial score (nSPS) is 24.0. The average Bonchev–Trinajstić information content (AvgIpc) is 2.26. The quantitative estimate of drug-likeness (QED) is 0.513. The summed E-state index contributed by atoms with van der Waals surface area (Å²) in [6.07, 6.45) is 9.79. The van der Waals surface area contributed by atoms with Crippen LogP contribution in [0.15, 0.2) is 0 Å². The Balaban J connectivity index is 1.98. The fourth-order valence-electron chi connectivity index (χ4n) is 1.78. The molecule has 0 aliphatic carbocycles. The smallest absolute Gasteiger partial charge is 0.159 e. The van der Waals surface area contributed by atoms with Gasteiger partial charge in [0.2, 0.25) is 0 Å². The lowest BCUT2D eigenvalue weighted by atomic mass is 10.1. The molecule has 0 spiro atoms. The van der Waals surface area contributed by atoms with Crippen molar-refractivity contribution < 1.29 is 9.47 Å². The van der Waals surface area contributed by atoms with Crippen LogP contribution in [0, 0.1) is 0 Å². The summed E-state index contributed by atoms with van der Waals surface area (Å²) >= 11 is 3.56. The van der Waals surface area contributed by atoms with Gasteiger partial charge in [0.25, 0.3) is 0 Å². The zero-order valence-electron chi connectivity index (χ0n) is 9.71. The summed E-state index contributed by atoms with van der Waals surface area (Å²) in [5, 5.41) is 0.178. The topological polar surface area (TPSA) is 18.5 Å². The Hall–Kier alpha value is 0.400. The molecule has 90 valence electrons. The van der Waals surface area contributed by atoms with Crippen molar-refractivity contribution in [1.82, 2.24) is 0 Å². The van der Waals surface area contributed by atoms with E-state index in [0.717, 1.165) is 19.4 Å². The molecule has 1 saturated heterocycles. The molecule has 2 unspecified atom stereocenters. The minimum absolute atomic E-state index is 0.0364. The Labute approximate surface area is 102 Å². The molecule has 1 fully saturated rings. The molecule has 0 N–H and O–H groups in total. The van der Waals surface area contributed by atoms with Crippen LogP contribution in [-0.4, -0.2) is 17.9 Å². The fourth-order valence-corrected chi connectivity index (χ4v) is 2.35. The van der Waals surface area contributed by atoms with Crippen molar-refractivity contribution >= 4 is 15.9 Å². The number of unbranched alkanes of at least 4 members (excludes halogenated alkanes) is 3. The number of halogens is 1. The van der Waals surface area contributed by atoms with Gasteiger partial charge in [0, 0.05) is 6.61 Å². The van der Waals surface area contributed by atoms with Crippen LogP contribution < -0.4 is 0 Å². The molecule has 1 heterocycles. The lowest BCUT2D eigenvalue weighted by Crippen LogP contribution is -2.25. The van der Waals surface area contributed by atoms with Gasteiger partial charge in [-0.15, -0.1) is 0 Å². The molecule has 0 aromatic heterocycles. The minimum atomic E-state index is 0.0364. The van der Waals surface area contributed by atoms with Crippen molar-refractivity contribution in [2.24, 2.45) is 0 Å². The van der Waals surface area contributed by atoms with Gasteiger partial charge in [-0.1, -0.05) is 42.1 Å². The molecule has 1 rings (SSSR count). The van der Waals surface area contributed by atoms with Crippen LogP contribution in [0.3, 0.4) is 0 Å². The van der Waals surface area contributed by atoms with Crippen molar-refractivity contribution in [3.05, 3.63) is 0 Å². The van der Waals surface area contributed by atoms with Gasteiger partial charge < -0.3 is 9.47 Å². The van der Waals surface area contributed by atoms with E-state index in [9.17, 15) is 0 Å². The number of hydrogen-bond acceptors (Lipinski definition) is 2. The molecule has 15 heavy (non-hydrogen) atoms. The van der Waals surface area contributed by atoms with Gasteiger partial charge in [-0.05, 0) is 32.1 Å². The minimum Gasteiger partial charge on any atom is -0.353 e. The predicted molar refractivity (Wildman–Crippen MR) is 66.2 cm³/mol. The average molecular weight is 279 g/mol. The third kappa shape index (κ3) is 6.54. The lowest BCUT2D eigenvalue weighted by Gasteiger charge is -2.25. The molecular formula is C12H23BrO2. The maximum Gasteiger partial charge on any atom is 0.159 e. The van der Waals surface area contributed by atoms with Crippen LogP contribution in [0.2, 0.25) is 0 Å². The van der Waals surface area contributed by atoms with Gasteiger partial charge in [0.1, 0.15) is 5.01 Å². The van der Waals surface area contributed by atoms with Crippen LogP contribution in [0.4, 0.5) is 0 Å². The van der Waals surface area contributed by atoms with Gasteiger partial charge in [-0.3, -0.25) is 0 Å². The molecule has 0 radical (unpaired) electrons. The predicted octanol–water partition coefficient (Wildman–Crippen LogP) is 4.22. The summed E-state index contributed by atoms with van der Waals surface area (Å²) in [4.78, 5) is 0. The SMILES string of the molecule is CCCCCCC(Br)OC1CCCCO1. The van der Waals surface area contributed by atoms with Gasteiger partial charge in [0.15, 0.2) is 6.29 Å². The Morgan fingerprint density at radius 1 is 1.33 bits per heavy atom. The van der Waals surface area contributed by atoms with Gasteiger partial charge >= 0.3 is 0 Å². The van der Waals surface area contributed by atoms with E-state index in [4.69, 9.17) is 9.47 Å². The van der Waals surface area contributed by atoms with Crippen molar-refractivity contribution in [3.8, 4) is 0 Å². The van der Waals surface area contributed by atoms with E-state index >= 15 is 0 Å². The van der Waals surface area contributed by atoms with Crippen LogP contribution >= 0.6 is 15.9 Å². The van der Waals surface area contributed by atoms with E-state index in [-0.39, 0.29) is 11.3 Å². The third-order valence-corrected chi connectivity index (χ3v) is 3.40. The van der Waals surface area contributed by atoms with Crippen LogP contribution in [0.1, 0.15) is 58.3 Å². The highest BCUT2D eigenvalue weighted by atomic mass is 79.9. The Bertz CT molecular complexity index is 147. The molecule has 0 amide bonds. The molecule has 2 nitrogen and oxygen atoms in total. The molecule has 2 atom stereocenters. The van der Waals surface area contributed by atoms with Crippen molar-refractivity contribution in [1.29, 1.82) is 0 Å². The first-order valence-electron chi connectivity index (χ1n) is 6.24. The first-order chi connectivity index (χ1) is 7.33. The van der Waals surface area contributed by atoms with Crippen molar-refractivity contribution in [2.75, 3.05) is 6.61 Å². The van der Waals surface area contributed by atoms with E-state index in [0.29, 0.717) is 0 Å². The summed E-state index contributed by atoms with van der Waals surface area (Å²) in [5.41, 5.74) is 0. The van der Waals surface area contributed by atoms with Crippen molar-refractivity contribution in [3.63, 3.8) is 0 Å². The number of alkyl halides is 1. The fraction of sp³-hybridized carbons (Fsp3) is 1.00. The van der Waals surface area contributed by atoms with E-state index in [1.54, 1.807) is 0 Å². The maximum atomic E-state index is 5.77. The van der Waals surface area contributed by atoms with E-state index in [1.807, 2.05) is 0 Å². The standard InChI is InChI=1S/C12H23BrO2/c1-2-3-4-5-8-11(13)15-12-9-6-7-10-14-12/h11-12H,2-10H2,1H3. The van der Waals surface area contributed by atoms with E-state index < -0.39 is 0 Å². The second kappa shape index (κ2) is 8.54. The lowest BCUT2D eigenvalue weighted by molar-refractivity contribution is -0.169.